The molecule has 1 aromatic carbocycles. The van der Waals surface area contributed by atoms with Gasteiger partial charge in [0.05, 0.1) is 17.4 Å². The van der Waals surface area contributed by atoms with Crippen LogP contribution in [0.2, 0.25) is 0 Å². The van der Waals surface area contributed by atoms with Crippen molar-refractivity contribution >= 4 is 17.7 Å². The number of hydrogen-bond acceptors (Lipinski definition) is 3. The van der Waals surface area contributed by atoms with Crippen LogP contribution in [0.25, 0.3) is 0 Å². The minimum atomic E-state index is -4.50. The predicted octanol–water partition coefficient (Wildman–Crippen LogP) is 2.40. The van der Waals surface area contributed by atoms with Crippen LogP contribution < -0.4 is 5.43 Å². The van der Waals surface area contributed by atoms with E-state index in [2.05, 4.69) is 5.43 Å². The van der Waals surface area contributed by atoms with Crippen LogP contribution in [0.3, 0.4) is 0 Å². The van der Waals surface area contributed by atoms with Gasteiger partial charge in [-0.1, -0.05) is 12.2 Å². The molecule has 27 heavy (non-hydrogen) atoms. The van der Waals surface area contributed by atoms with Crippen molar-refractivity contribution in [2.45, 2.75) is 12.6 Å². The van der Waals surface area contributed by atoms with Crippen LogP contribution in [0.5, 0.6) is 0 Å². The maximum atomic E-state index is 12.8. The van der Waals surface area contributed by atoms with Gasteiger partial charge in [-0.25, -0.2) is 0 Å². The van der Waals surface area contributed by atoms with Crippen molar-refractivity contribution in [2.24, 2.45) is 35.5 Å². The summed E-state index contributed by atoms with van der Waals surface area (Å²) in [5.41, 5.74) is 1.37. The van der Waals surface area contributed by atoms with Crippen LogP contribution in [0.15, 0.2) is 36.4 Å². The van der Waals surface area contributed by atoms with Crippen molar-refractivity contribution in [1.29, 1.82) is 0 Å². The molecule has 0 spiro atoms. The van der Waals surface area contributed by atoms with Crippen LogP contribution in [0, 0.1) is 35.5 Å². The number of imide groups is 1. The van der Waals surface area contributed by atoms with E-state index in [1.165, 1.54) is 0 Å². The van der Waals surface area contributed by atoms with E-state index >= 15 is 0 Å². The smallest absolute Gasteiger partial charge is 0.272 e. The van der Waals surface area contributed by atoms with E-state index < -0.39 is 41.3 Å². The number of hydrogen-bond donors (Lipinski definition) is 1. The first-order chi connectivity index (χ1) is 12.8. The highest BCUT2D eigenvalue weighted by atomic mass is 19.4. The first-order valence-corrected chi connectivity index (χ1v) is 8.82. The molecule has 4 unspecified atom stereocenters. The summed E-state index contributed by atoms with van der Waals surface area (Å²) in [5.74, 6) is -1.54. The number of nitrogens with zero attached hydrogens (tertiary/aromatic N) is 1. The van der Waals surface area contributed by atoms with Crippen LogP contribution in [-0.2, 0) is 15.8 Å². The van der Waals surface area contributed by atoms with Gasteiger partial charge in [0.25, 0.3) is 17.7 Å². The molecule has 0 aromatic heterocycles. The zero-order chi connectivity index (χ0) is 19.1. The summed E-state index contributed by atoms with van der Waals surface area (Å²) in [5, 5.41) is 0.771. The van der Waals surface area contributed by atoms with E-state index in [-0.39, 0.29) is 17.4 Å². The third-order valence-electron chi connectivity index (χ3n) is 6.35. The predicted molar refractivity (Wildman–Crippen MR) is 85.5 cm³/mol. The molecule has 3 fully saturated rings. The van der Waals surface area contributed by atoms with Gasteiger partial charge in [0.1, 0.15) is 0 Å². The Kier molecular flexibility index (Phi) is 3.19. The Balaban J connectivity index is 1.35. The zero-order valence-corrected chi connectivity index (χ0v) is 13.9. The Labute approximate surface area is 152 Å². The number of rotatable bonds is 2. The lowest BCUT2D eigenvalue weighted by Gasteiger charge is -2.37. The Hall–Kier alpha value is -2.64. The fourth-order valence-electron chi connectivity index (χ4n) is 5.04. The second-order valence-corrected chi connectivity index (χ2v) is 7.68. The molecule has 5 aliphatic rings. The zero-order valence-electron chi connectivity index (χ0n) is 13.9. The molecular weight excluding hydrogens is 361 g/mol. The SMILES string of the molecule is O=C(NN1C(=O)[C@@H]2C3C=CC(C4CC43)[C@@H]2C1=O)c1ccc(C(F)(F)F)cc1. The van der Waals surface area contributed by atoms with E-state index in [4.69, 9.17) is 0 Å². The molecule has 1 aromatic rings. The number of benzene rings is 1. The summed E-state index contributed by atoms with van der Waals surface area (Å²) >= 11 is 0. The number of carbonyl (C=O) groups excluding carboxylic acids is 3. The second-order valence-electron chi connectivity index (χ2n) is 7.68. The molecule has 1 aliphatic heterocycles. The van der Waals surface area contributed by atoms with Gasteiger partial charge in [-0.15, -0.1) is 0 Å². The third kappa shape index (κ3) is 2.28. The van der Waals surface area contributed by atoms with Crippen molar-refractivity contribution in [3.8, 4) is 0 Å². The Morgan fingerprint density at radius 3 is 1.96 bits per heavy atom. The maximum absolute atomic E-state index is 12.8. The molecule has 8 heteroatoms. The highest BCUT2D eigenvalue weighted by molar-refractivity contribution is 6.08. The molecular formula is C19H15F3N2O3. The maximum Gasteiger partial charge on any atom is 0.416 e. The van der Waals surface area contributed by atoms with Gasteiger partial charge in [0, 0.05) is 5.56 Å². The van der Waals surface area contributed by atoms with Crippen molar-refractivity contribution in [3.05, 3.63) is 47.5 Å². The monoisotopic (exact) mass is 376 g/mol. The number of alkyl halides is 3. The molecule has 1 N–H and O–H groups in total. The molecule has 0 radical (unpaired) electrons. The summed E-state index contributed by atoms with van der Waals surface area (Å²) in [6.45, 7) is 0. The fourth-order valence-corrected chi connectivity index (χ4v) is 5.04. The number of allylic oxidation sites excluding steroid dienone is 2. The van der Waals surface area contributed by atoms with E-state index in [9.17, 15) is 27.6 Å². The molecule has 140 valence electrons. The highest BCUT2D eigenvalue weighted by Crippen LogP contribution is 2.65. The van der Waals surface area contributed by atoms with Crippen molar-refractivity contribution < 1.29 is 27.6 Å². The van der Waals surface area contributed by atoms with Crippen LogP contribution in [0.1, 0.15) is 22.3 Å². The van der Waals surface area contributed by atoms with Crippen molar-refractivity contribution in [2.75, 3.05) is 0 Å². The van der Waals surface area contributed by atoms with E-state index in [1.54, 1.807) is 0 Å². The lowest BCUT2D eigenvalue weighted by Crippen LogP contribution is -2.46. The standard InChI is InChI=1S/C19H15F3N2O3/c20-19(21,22)9-3-1-8(2-4-9)16(25)23-24-17(26)14-10-5-6-11(13-7-12(10)13)15(14)18(24)27/h1-6,10-15H,7H2,(H,23,25)/t10?,11?,12?,13?,14-,15+. The molecule has 4 aliphatic carbocycles. The Morgan fingerprint density at radius 2 is 1.48 bits per heavy atom. The first-order valence-electron chi connectivity index (χ1n) is 8.82. The molecule has 3 amide bonds. The summed E-state index contributed by atoms with van der Waals surface area (Å²) < 4.78 is 37.9. The Bertz CT molecular complexity index is 856. The summed E-state index contributed by atoms with van der Waals surface area (Å²) in [4.78, 5) is 37.9. The van der Waals surface area contributed by atoms with Gasteiger partial charge in [0.2, 0.25) is 0 Å². The van der Waals surface area contributed by atoms with Gasteiger partial charge in [-0.05, 0) is 54.4 Å². The number of hydrazine groups is 1. The molecule has 1 saturated heterocycles. The quantitative estimate of drug-likeness (QED) is 0.637. The van der Waals surface area contributed by atoms with Crippen molar-refractivity contribution in [3.63, 3.8) is 0 Å². The third-order valence-corrected chi connectivity index (χ3v) is 6.35. The average Bonchev–Trinajstić information content (AvgIpc) is 3.42. The molecule has 6 rings (SSSR count). The van der Waals surface area contributed by atoms with E-state index in [0.717, 1.165) is 35.7 Å². The lowest BCUT2D eigenvalue weighted by molar-refractivity contribution is -0.143. The summed E-state index contributed by atoms with van der Waals surface area (Å²) in [7, 11) is 0. The van der Waals surface area contributed by atoms with Gasteiger partial charge in [-0.3, -0.25) is 19.8 Å². The van der Waals surface area contributed by atoms with E-state index in [0.29, 0.717) is 11.8 Å². The Morgan fingerprint density at radius 1 is 0.963 bits per heavy atom. The number of carbonyl (C=O) groups is 3. The van der Waals surface area contributed by atoms with Crippen LogP contribution in [0.4, 0.5) is 13.2 Å². The van der Waals surface area contributed by atoms with E-state index in [1.807, 2.05) is 12.2 Å². The van der Waals surface area contributed by atoms with Gasteiger partial charge >= 0.3 is 6.18 Å². The summed E-state index contributed by atoms with van der Waals surface area (Å²) in [6.07, 6.45) is 0.575. The molecule has 6 atom stereocenters. The van der Waals surface area contributed by atoms with Crippen LogP contribution >= 0.6 is 0 Å². The molecule has 2 saturated carbocycles. The average molecular weight is 376 g/mol. The number of halogens is 3. The van der Waals surface area contributed by atoms with Gasteiger partial charge in [0.15, 0.2) is 0 Å². The molecule has 2 bridgehead atoms. The fraction of sp³-hybridized carbons (Fsp3) is 0.421. The molecule has 1 heterocycles. The van der Waals surface area contributed by atoms with Crippen LogP contribution in [-0.4, -0.2) is 22.7 Å². The minimum Gasteiger partial charge on any atom is -0.272 e. The number of nitrogens with one attached hydrogen (secondary N) is 1. The number of amides is 3. The first kappa shape index (κ1) is 16.5. The summed E-state index contributed by atoms with van der Waals surface area (Å²) in [6, 6.07) is 3.63. The van der Waals surface area contributed by atoms with Gasteiger partial charge < -0.3 is 0 Å². The van der Waals surface area contributed by atoms with Crippen molar-refractivity contribution in [1.82, 2.24) is 10.4 Å². The normalized spacial score (nSPS) is 35.9. The molecule has 5 nitrogen and oxygen atoms in total. The topological polar surface area (TPSA) is 66.5 Å². The lowest BCUT2D eigenvalue weighted by atomic mass is 9.63. The minimum absolute atomic E-state index is 0.0365. The van der Waals surface area contributed by atoms with Gasteiger partial charge in [-0.2, -0.15) is 18.2 Å². The highest BCUT2D eigenvalue weighted by Gasteiger charge is 2.67. The second kappa shape index (κ2) is 5.21. The largest absolute Gasteiger partial charge is 0.416 e.